The van der Waals surface area contributed by atoms with Crippen LogP contribution in [0, 0.1) is 0 Å². The first-order chi connectivity index (χ1) is 11.9. The first kappa shape index (κ1) is 18.8. The molecule has 2 rings (SSSR count). The molecule has 1 atom stereocenters. The lowest BCUT2D eigenvalue weighted by molar-refractivity contribution is -0.148. The first-order valence-electron chi connectivity index (χ1n) is 8.34. The average Bonchev–Trinajstić information content (AvgIpc) is 2.58. The van der Waals surface area contributed by atoms with Gasteiger partial charge in [-0.25, -0.2) is 4.79 Å². The van der Waals surface area contributed by atoms with Crippen LogP contribution in [0.25, 0.3) is 11.0 Å². The van der Waals surface area contributed by atoms with Crippen LogP contribution in [0.2, 0.25) is 0 Å². The third-order valence-electron chi connectivity index (χ3n) is 3.96. The summed E-state index contributed by atoms with van der Waals surface area (Å²) in [6.07, 6.45) is 2.19. The number of rotatable bonds is 6. The molecule has 0 saturated carbocycles. The number of fused-ring (bicyclic) bond motifs is 1. The molecule has 0 aliphatic rings. The number of ether oxygens (including phenoxy) is 2. The SMILES string of the molecule is CCC(=O)OC(C)c1cccc2oc(=O)c(CC=C(C)C)c(OC)c12. The van der Waals surface area contributed by atoms with Crippen molar-refractivity contribution in [1.29, 1.82) is 0 Å². The van der Waals surface area contributed by atoms with Crippen LogP contribution >= 0.6 is 0 Å². The summed E-state index contributed by atoms with van der Waals surface area (Å²) in [5, 5.41) is 0.665. The molecule has 134 valence electrons. The Balaban J connectivity index is 2.68. The molecule has 25 heavy (non-hydrogen) atoms. The van der Waals surface area contributed by atoms with Crippen LogP contribution in [0.5, 0.6) is 5.75 Å². The number of hydrogen-bond acceptors (Lipinski definition) is 5. The van der Waals surface area contributed by atoms with E-state index in [2.05, 4.69) is 0 Å². The van der Waals surface area contributed by atoms with Gasteiger partial charge in [-0.1, -0.05) is 30.7 Å². The monoisotopic (exact) mass is 344 g/mol. The zero-order valence-electron chi connectivity index (χ0n) is 15.3. The molecule has 0 aliphatic carbocycles. The summed E-state index contributed by atoms with van der Waals surface area (Å²) < 4.78 is 16.5. The Bertz CT molecular complexity index is 856. The van der Waals surface area contributed by atoms with E-state index >= 15 is 0 Å². The Labute approximate surface area is 147 Å². The van der Waals surface area contributed by atoms with E-state index in [1.165, 1.54) is 7.11 Å². The summed E-state index contributed by atoms with van der Waals surface area (Å²) in [5.74, 6) is 0.185. The average molecular weight is 344 g/mol. The lowest BCUT2D eigenvalue weighted by Crippen LogP contribution is -2.12. The van der Waals surface area contributed by atoms with Crippen molar-refractivity contribution in [3.63, 3.8) is 0 Å². The molecule has 1 heterocycles. The molecule has 1 unspecified atom stereocenters. The van der Waals surface area contributed by atoms with Gasteiger partial charge in [-0.05, 0) is 26.8 Å². The van der Waals surface area contributed by atoms with E-state index in [1.807, 2.05) is 26.0 Å². The molecule has 0 fully saturated rings. The molecule has 2 aromatic rings. The van der Waals surface area contributed by atoms with Crippen LogP contribution in [0.3, 0.4) is 0 Å². The van der Waals surface area contributed by atoms with E-state index in [4.69, 9.17) is 13.9 Å². The van der Waals surface area contributed by atoms with Crippen molar-refractivity contribution in [3.05, 3.63) is 51.4 Å². The number of methoxy groups -OCH3 is 1. The molecule has 0 bridgehead atoms. The van der Waals surface area contributed by atoms with Gasteiger partial charge in [0.1, 0.15) is 17.4 Å². The van der Waals surface area contributed by atoms with Gasteiger partial charge in [0.2, 0.25) is 0 Å². The van der Waals surface area contributed by atoms with Gasteiger partial charge in [0.15, 0.2) is 0 Å². The first-order valence-corrected chi connectivity index (χ1v) is 8.34. The zero-order valence-corrected chi connectivity index (χ0v) is 15.3. The van der Waals surface area contributed by atoms with Gasteiger partial charge < -0.3 is 13.9 Å². The molecule has 0 spiro atoms. The largest absolute Gasteiger partial charge is 0.495 e. The van der Waals surface area contributed by atoms with Gasteiger partial charge in [0, 0.05) is 18.4 Å². The van der Waals surface area contributed by atoms with E-state index in [0.717, 1.165) is 11.1 Å². The molecule has 0 saturated heterocycles. The van der Waals surface area contributed by atoms with Gasteiger partial charge in [-0.2, -0.15) is 0 Å². The van der Waals surface area contributed by atoms with E-state index < -0.39 is 11.7 Å². The van der Waals surface area contributed by atoms with Gasteiger partial charge >= 0.3 is 11.6 Å². The van der Waals surface area contributed by atoms with E-state index in [0.29, 0.717) is 35.1 Å². The minimum absolute atomic E-state index is 0.286. The number of benzene rings is 1. The van der Waals surface area contributed by atoms with Crippen molar-refractivity contribution in [1.82, 2.24) is 0 Å². The second kappa shape index (κ2) is 8.01. The molecule has 0 aliphatic heterocycles. The van der Waals surface area contributed by atoms with Crippen molar-refractivity contribution >= 4 is 16.9 Å². The third kappa shape index (κ3) is 4.10. The number of carbonyl (C=O) groups is 1. The van der Waals surface area contributed by atoms with Crippen LogP contribution in [-0.4, -0.2) is 13.1 Å². The quantitative estimate of drug-likeness (QED) is 0.443. The predicted molar refractivity (Wildman–Crippen MR) is 97.0 cm³/mol. The summed E-state index contributed by atoms with van der Waals surface area (Å²) in [4.78, 5) is 24.0. The van der Waals surface area contributed by atoms with E-state index in [9.17, 15) is 9.59 Å². The Morgan fingerprint density at radius 3 is 2.64 bits per heavy atom. The maximum Gasteiger partial charge on any atom is 0.343 e. The Kier molecular flexibility index (Phi) is 6.02. The van der Waals surface area contributed by atoms with Crippen LogP contribution in [0.15, 0.2) is 39.1 Å². The molecular weight excluding hydrogens is 320 g/mol. The minimum Gasteiger partial charge on any atom is -0.495 e. The van der Waals surface area contributed by atoms with Crippen molar-refractivity contribution in [2.75, 3.05) is 7.11 Å². The summed E-state index contributed by atoms with van der Waals surface area (Å²) in [7, 11) is 1.53. The summed E-state index contributed by atoms with van der Waals surface area (Å²) in [6, 6.07) is 5.33. The van der Waals surface area contributed by atoms with Gasteiger partial charge in [-0.3, -0.25) is 4.79 Å². The lowest BCUT2D eigenvalue weighted by Gasteiger charge is -2.17. The van der Waals surface area contributed by atoms with Crippen LogP contribution in [0.1, 0.15) is 51.3 Å². The van der Waals surface area contributed by atoms with Crippen LogP contribution < -0.4 is 10.4 Å². The second-order valence-electron chi connectivity index (χ2n) is 6.09. The summed E-state index contributed by atoms with van der Waals surface area (Å²) >= 11 is 0. The van der Waals surface area contributed by atoms with E-state index in [-0.39, 0.29) is 5.97 Å². The lowest BCUT2D eigenvalue weighted by atomic mass is 10.0. The molecule has 5 heteroatoms. The van der Waals surface area contributed by atoms with E-state index in [1.54, 1.807) is 26.0 Å². The fraction of sp³-hybridized carbons (Fsp3) is 0.400. The maximum atomic E-state index is 12.4. The molecule has 0 N–H and O–H groups in total. The fourth-order valence-corrected chi connectivity index (χ4v) is 2.67. The second-order valence-corrected chi connectivity index (χ2v) is 6.09. The molecule has 0 amide bonds. The highest BCUT2D eigenvalue weighted by molar-refractivity contribution is 5.88. The van der Waals surface area contributed by atoms with Crippen LogP contribution in [-0.2, 0) is 16.0 Å². The molecular formula is C20H24O5. The van der Waals surface area contributed by atoms with Crippen molar-refractivity contribution in [2.45, 2.75) is 46.6 Å². The standard InChI is InChI=1S/C20H24O5/c1-6-17(21)24-13(4)14-8-7-9-16-18(14)19(23-5)15(20(22)25-16)11-10-12(2)3/h7-10,13H,6,11H2,1-5H3. The van der Waals surface area contributed by atoms with Crippen molar-refractivity contribution in [3.8, 4) is 5.75 Å². The molecule has 0 radical (unpaired) electrons. The number of esters is 1. The van der Waals surface area contributed by atoms with Crippen molar-refractivity contribution in [2.24, 2.45) is 0 Å². The zero-order chi connectivity index (χ0) is 18.6. The van der Waals surface area contributed by atoms with Gasteiger partial charge in [0.05, 0.1) is 18.1 Å². The Hall–Kier alpha value is -2.56. The smallest absolute Gasteiger partial charge is 0.343 e. The van der Waals surface area contributed by atoms with Crippen LogP contribution in [0.4, 0.5) is 0 Å². The highest BCUT2D eigenvalue weighted by Crippen LogP contribution is 2.35. The van der Waals surface area contributed by atoms with Crippen molar-refractivity contribution < 1.29 is 18.7 Å². The molecule has 1 aromatic heterocycles. The number of hydrogen-bond donors (Lipinski definition) is 0. The highest BCUT2D eigenvalue weighted by Gasteiger charge is 2.21. The number of allylic oxidation sites excluding steroid dienone is 2. The Morgan fingerprint density at radius 1 is 1.32 bits per heavy atom. The molecule has 1 aromatic carbocycles. The third-order valence-corrected chi connectivity index (χ3v) is 3.96. The van der Waals surface area contributed by atoms with Gasteiger partial charge in [-0.15, -0.1) is 0 Å². The summed E-state index contributed by atoms with van der Waals surface area (Å²) in [6.45, 7) is 7.47. The Morgan fingerprint density at radius 2 is 2.04 bits per heavy atom. The molecule has 5 nitrogen and oxygen atoms in total. The minimum atomic E-state index is -0.478. The normalized spacial score (nSPS) is 11.9. The predicted octanol–water partition coefficient (Wildman–Crippen LogP) is 4.32. The fourth-order valence-electron chi connectivity index (χ4n) is 2.67. The topological polar surface area (TPSA) is 65.7 Å². The number of carbonyl (C=O) groups excluding carboxylic acids is 1. The highest BCUT2D eigenvalue weighted by atomic mass is 16.5. The maximum absolute atomic E-state index is 12.4. The van der Waals surface area contributed by atoms with Gasteiger partial charge in [0.25, 0.3) is 0 Å². The summed E-state index contributed by atoms with van der Waals surface area (Å²) in [5.41, 5.74) is 2.30.